The van der Waals surface area contributed by atoms with Crippen LogP contribution in [0.3, 0.4) is 0 Å². The molecule has 0 aliphatic carbocycles. The summed E-state index contributed by atoms with van der Waals surface area (Å²) in [5.41, 5.74) is 5.53. The van der Waals surface area contributed by atoms with Crippen molar-refractivity contribution in [1.82, 2.24) is 0 Å². The first-order valence-electron chi connectivity index (χ1n) is 11.3. The zero-order chi connectivity index (χ0) is 21.2. The zero-order valence-corrected chi connectivity index (χ0v) is 21.2. The number of hydrogen-bond acceptors (Lipinski definition) is 0. The van der Waals surface area contributed by atoms with Crippen LogP contribution in [-0.2, 0) is 11.8 Å². The first-order valence-corrected chi connectivity index (χ1v) is 12.7. The second-order valence-corrected chi connectivity index (χ2v) is 9.59. The van der Waals surface area contributed by atoms with Crippen LogP contribution in [0.15, 0.2) is 121 Å². The summed E-state index contributed by atoms with van der Waals surface area (Å²) in [6, 6.07) is 44.1. The summed E-state index contributed by atoms with van der Waals surface area (Å²) in [6.45, 7) is 0. The first-order chi connectivity index (χ1) is 15.4. The Kier molecular flexibility index (Phi) is 9.72. The highest BCUT2D eigenvalue weighted by atomic mass is 79.9. The van der Waals surface area contributed by atoms with Crippen molar-refractivity contribution >= 4 is 25.6 Å². The molecule has 164 valence electrons. The summed E-state index contributed by atoms with van der Waals surface area (Å²) < 4.78 is 0. The third-order valence-electron chi connectivity index (χ3n) is 6.14. The van der Waals surface area contributed by atoms with Crippen LogP contribution in [0.25, 0.3) is 0 Å². The van der Waals surface area contributed by atoms with Crippen molar-refractivity contribution in [3.8, 4) is 0 Å². The maximum atomic E-state index is 2.30. The minimum absolute atomic E-state index is 0. The SMILES string of the molecule is Br.c1ccc(CCCPCCC(c2ccccc2)(c2ccccc2)c2ccccc2)cc1. The van der Waals surface area contributed by atoms with Crippen molar-refractivity contribution < 1.29 is 0 Å². The fraction of sp³-hybridized carbons (Fsp3) is 0.200. The zero-order valence-electron chi connectivity index (χ0n) is 18.5. The van der Waals surface area contributed by atoms with Gasteiger partial charge >= 0.3 is 0 Å². The van der Waals surface area contributed by atoms with Gasteiger partial charge in [-0.25, -0.2) is 0 Å². The van der Waals surface area contributed by atoms with Gasteiger partial charge in [0, 0.05) is 5.41 Å². The second kappa shape index (κ2) is 12.7. The van der Waals surface area contributed by atoms with E-state index in [4.69, 9.17) is 0 Å². The summed E-state index contributed by atoms with van der Waals surface area (Å²) in [5.74, 6) is 0. The molecule has 0 bridgehead atoms. The van der Waals surface area contributed by atoms with E-state index in [0.717, 1.165) is 15.0 Å². The Morgan fingerprint density at radius 2 is 0.906 bits per heavy atom. The number of hydrogen-bond donors (Lipinski definition) is 0. The largest absolute Gasteiger partial charge is 0.122 e. The van der Waals surface area contributed by atoms with Gasteiger partial charge in [-0.1, -0.05) is 121 Å². The van der Waals surface area contributed by atoms with Gasteiger partial charge in [0.2, 0.25) is 0 Å². The molecule has 0 radical (unpaired) electrons. The Morgan fingerprint density at radius 1 is 0.500 bits per heavy atom. The third kappa shape index (κ3) is 5.97. The van der Waals surface area contributed by atoms with E-state index >= 15 is 0 Å². The minimum atomic E-state index is -0.101. The fourth-order valence-corrected chi connectivity index (χ4v) is 5.79. The molecule has 4 aromatic carbocycles. The Hall–Kier alpha value is -2.21. The van der Waals surface area contributed by atoms with Crippen LogP contribution in [-0.4, -0.2) is 12.3 Å². The molecule has 0 aromatic heterocycles. The van der Waals surface area contributed by atoms with Gasteiger partial charge in [0.15, 0.2) is 0 Å². The quantitative estimate of drug-likeness (QED) is 0.116. The molecule has 0 aliphatic heterocycles. The Morgan fingerprint density at radius 3 is 1.34 bits per heavy atom. The molecule has 32 heavy (non-hydrogen) atoms. The van der Waals surface area contributed by atoms with Gasteiger partial charge in [0.25, 0.3) is 0 Å². The van der Waals surface area contributed by atoms with Crippen molar-refractivity contribution in [2.24, 2.45) is 0 Å². The lowest BCUT2D eigenvalue weighted by molar-refractivity contribution is 0.598. The van der Waals surface area contributed by atoms with E-state index in [1.165, 1.54) is 47.4 Å². The summed E-state index contributed by atoms with van der Waals surface area (Å²) >= 11 is 0. The molecule has 0 saturated heterocycles. The monoisotopic (exact) mass is 502 g/mol. The van der Waals surface area contributed by atoms with Crippen LogP contribution in [0.1, 0.15) is 35.1 Å². The molecule has 0 nitrogen and oxygen atoms in total. The molecule has 0 spiro atoms. The average Bonchev–Trinajstić information content (AvgIpc) is 2.86. The van der Waals surface area contributed by atoms with Gasteiger partial charge in [-0.05, 0) is 53.8 Å². The van der Waals surface area contributed by atoms with Crippen molar-refractivity contribution in [1.29, 1.82) is 0 Å². The van der Waals surface area contributed by atoms with Crippen molar-refractivity contribution in [3.63, 3.8) is 0 Å². The van der Waals surface area contributed by atoms with Gasteiger partial charge < -0.3 is 0 Å². The van der Waals surface area contributed by atoms with Crippen LogP contribution in [0.5, 0.6) is 0 Å². The van der Waals surface area contributed by atoms with Crippen molar-refractivity contribution in [3.05, 3.63) is 144 Å². The van der Waals surface area contributed by atoms with Gasteiger partial charge in [-0.3, -0.25) is 0 Å². The number of aryl methyl sites for hydroxylation is 1. The second-order valence-electron chi connectivity index (χ2n) is 8.09. The molecule has 0 saturated carbocycles. The van der Waals surface area contributed by atoms with E-state index in [9.17, 15) is 0 Å². The molecule has 0 fully saturated rings. The Labute approximate surface area is 205 Å². The van der Waals surface area contributed by atoms with Crippen LogP contribution >= 0.6 is 25.6 Å². The van der Waals surface area contributed by atoms with Gasteiger partial charge in [-0.2, -0.15) is 0 Å². The lowest BCUT2D eigenvalue weighted by atomic mass is 9.68. The van der Waals surface area contributed by atoms with Crippen molar-refractivity contribution in [2.75, 3.05) is 12.3 Å². The van der Waals surface area contributed by atoms with Crippen LogP contribution in [0.2, 0.25) is 0 Å². The van der Waals surface area contributed by atoms with E-state index in [1.807, 2.05) is 0 Å². The molecule has 2 heteroatoms. The van der Waals surface area contributed by atoms with Gasteiger partial charge in [-0.15, -0.1) is 25.6 Å². The summed E-state index contributed by atoms with van der Waals surface area (Å²) in [7, 11) is 0.992. The maximum Gasteiger partial charge on any atom is 0.0454 e. The highest BCUT2D eigenvalue weighted by molar-refractivity contribution is 8.93. The Balaban J connectivity index is 0.00000289. The molecule has 0 N–H and O–H groups in total. The molecule has 4 aromatic rings. The number of benzene rings is 4. The molecular weight excluding hydrogens is 471 g/mol. The minimum Gasteiger partial charge on any atom is -0.122 e. The summed E-state index contributed by atoms with van der Waals surface area (Å²) in [4.78, 5) is 0. The van der Waals surface area contributed by atoms with Crippen molar-refractivity contribution in [2.45, 2.75) is 24.7 Å². The maximum absolute atomic E-state index is 2.30. The molecule has 1 atom stereocenters. The lowest BCUT2D eigenvalue weighted by Gasteiger charge is -2.36. The number of rotatable bonds is 10. The van der Waals surface area contributed by atoms with E-state index in [-0.39, 0.29) is 22.4 Å². The number of halogens is 1. The molecule has 1 unspecified atom stereocenters. The third-order valence-corrected chi connectivity index (χ3v) is 7.45. The molecule has 0 amide bonds. The van der Waals surface area contributed by atoms with Gasteiger partial charge in [0.1, 0.15) is 0 Å². The first kappa shape index (κ1) is 24.4. The highest BCUT2D eigenvalue weighted by Crippen LogP contribution is 2.43. The molecule has 0 aliphatic rings. The highest BCUT2D eigenvalue weighted by Gasteiger charge is 2.35. The van der Waals surface area contributed by atoms with Crippen LogP contribution in [0.4, 0.5) is 0 Å². The lowest BCUT2D eigenvalue weighted by Crippen LogP contribution is -2.30. The molecule has 4 rings (SSSR count). The van der Waals surface area contributed by atoms with Gasteiger partial charge in [0.05, 0.1) is 0 Å². The summed E-state index contributed by atoms with van der Waals surface area (Å²) in [5, 5.41) is 0. The van der Waals surface area contributed by atoms with E-state index in [0.29, 0.717) is 0 Å². The molecular formula is C30H32BrP. The Bertz CT molecular complexity index is 921. The van der Waals surface area contributed by atoms with E-state index in [2.05, 4.69) is 121 Å². The standard InChI is InChI=1S/C30H31P.BrH/c1-5-14-26(15-6-1)16-13-24-31-25-23-30(27-17-7-2-8-18-27,28-19-9-3-10-20-28)29-21-11-4-12-22-29;/h1-12,14-15,17-22,31H,13,16,23-25H2;1H. The smallest absolute Gasteiger partial charge is 0.0454 e. The predicted octanol–water partition coefficient (Wildman–Crippen LogP) is 8.30. The van der Waals surface area contributed by atoms with Crippen LogP contribution < -0.4 is 0 Å². The summed E-state index contributed by atoms with van der Waals surface area (Å²) in [6.07, 6.45) is 6.15. The normalized spacial score (nSPS) is 11.4. The average molecular weight is 503 g/mol. The van der Waals surface area contributed by atoms with E-state index < -0.39 is 0 Å². The topological polar surface area (TPSA) is 0 Å². The van der Waals surface area contributed by atoms with E-state index in [1.54, 1.807) is 0 Å². The van der Waals surface area contributed by atoms with Crippen LogP contribution in [0, 0.1) is 0 Å². The fourth-order valence-electron chi connectivity index (χ4n) is 4.56. The molecule has 0 heterocycles. The predicted molar refractivity (Wildman–Crippen MR) is 147 cm³/mol.